The number of benzene rings is 1. The maximum Gasteiger partial charge on any atom is 0.335 e. The lowest BCUT2D eigenvalue weighted by Gasteiger charge is -2.72. The minimum Gasteiger partial charge on any atom is -0.478 e. The van der Waals surface area contributed by atoms with Crippen LogP contribution in [-0.2, 0) is 4.79 Å². The molecule has 0 unspecified atom stereocenters. The van der Waals surface area contributed by atoms with Crippen molar-refractivity contribution in [1.82, 2.24) is 10.2 Å². The van der Waals surface area contributed by atoms with Gasteiger partial charge in [-0.2, -0.15) is 0 Å². The molecule has 1 amide bonds. The summed E-state index contributed by atoms with van der Waals surface area (Å²) in [5, 5.41) is 13.3. The van der Waals surface area contributed by atoms with Crippen LogP contribution in [-0.4, -0.2) is 49.1 Å². The summed E-state index contributed by atoms with van der Waals surface area (Å²) < 4.78 is 0. The average molecular weight is 643 g/mol. The molecule has 1 aromatic rings. The zero-order valence-electron chi connectivity index (χ0n) is 30.7. The Bertz CT molecular complexity index is 1440. The number of rotatable bonds is 8. The van der Waals surface area contributed by atoms with E-state index in [1.54, 1.807) is 17.0 Å². The first-order chi connectivity index (χ1) is 22.0. The maximum atomic E-state index is 12.3. The Kier molecular flexibility index (Phi) is 8.71. The monoisotopic (exact) mass is 642 g/mol. The average Bonchev–Trinajstić information content (AvgIpc) is 3.39. The quantitative estimate of drug-likeness (QED) is 0.219. The van der Waals surface area contributed by atoms with Crippen molar-refractivity contribution in [2.75, 3.05) is 27.2 Å². The van der Waals surface area contributed by atoms with Gasteiger partial charge in [0.1, 0.15) is 0 Å². The van der Waals surface area contributed by atoms with E-state index in [0.717, 1.165) is 19.5 Å². The van der Waals surface area contributed by atoms with Gasteiger partial charge in [-0.05, 0) is 145 Å². The van der Waals surface area contributed by atoms with Gasteiger partial charge in [-0.25, -0.2) is 4.79 Å². The van der Waals surface area contributed by atoms with Gasteiger partial charge in [-0.15, -0.1) is 0 Å². The van der Waals surface area contributed by atoms with Crippen LogP contribution in [0.25, 0.3) is 5.57 Å². The Morgan fingerprint density at radius 1 is 0.915 bits per heavy atom. The van der Waals surface area contributed by atoms with Crippen molar-refractivity contribution in [3.8, 4) is 0 Å². The highest BCUT2D eigenvalue weighted by Gasteiger charge is 2.70. The highest BCUT2D eigenvalue weighted by molar-refractivity contribution is 5.88. The second-order valence-corrected chi connectivity index (χ2v) is 18.2. The number of hydrogen-bond donors (Lipinski definition) is 2. The van der Waals surface area contributed by atoms with Crippen LogP contribution >= 0.6 is 0 Å². The van der Waals surface area contributed by atoms with Gasteiger partial charge in [0.05, 0.1) is 5.56 Å². The van der Waals surface area contributed by atoms with Crippen LogP contribution in [0.15, 0.2) is 42.5 Å². The molecule has 9 atom stereocenters. The molecular weight excluding hydrogens is 580 g/mol. The first kappa shape index (κ1) is 34.5. The summed E-state index contributed by atoms with van der Waals surface area (Å²) in [5.74, 6) is 2.60. The van der Waals surface area contributed by atoms with Crippen LogP contribution in [0.4, 0.5) is 0 Å². The van der Waals surface area contributed by atoms with Crippen LogP contribution in [0.5, 0.6) is 0 Å². The lowest BCUT2D eigenvalue weighted by molar-refractivity contribution is -0.225. The standard InChI is InChI=1S/C42H62N2O3/c1-27(2)30-16-22-42(26-43-25-19-35(45)44(8)9)24-23-40(6)32(36(30)42)14-15-34-39(5)20-17-31(28-10-12-29(13-11-28)37(46)47)38(3,4)33(39)18-21-41(34,40)7/h10-13,17,30,32-34,36,43H,1,14-16,18-26H2,2-9H3,(H,46,47)/t30-,32+,33-,34+,36+,39-,40+,41+,42+/m0/s1. The fourth-order valence-electron chi connectivity index (χ4n) is 13.2. The predicted octanol–water partition coefficient (Wildman–Crippen LogP) is 9.10. The highest BCUT2D eigenvalue weighted by atomic mass is 16.4. The number of allylic oxidation sites excluding steroid dienone is 3. The molecule has 0 spiro atoms. The first-order valence-corrected chi connectivity index (χ1v) is 18.6. The number of amides is 1. The molecule has 5 aliphatic carbocycles. The Balaban J connectivity index is 1.28. The molecule has 0 radical (unpaired) electrons. The Morgan fingerprint density at radius 3 is 2.26 bits per heavy atom. The number of carboxylic acid groups (broad SMARTS) is 1. The van der Waals surface area contributed by atoms with E-state index >= 15 is 0 Å². The van der Waals surface area contributed by atoms with Gasteiger partial charge in [0.2, 0.25) is 5.91 Å². The number of carbonyl (C=O) groups is 2. The first-order valence-electron chi connectivity index (χ1n) is 18.6. The van der Waals surface area contributed by atoms with Crippen LogP contribution in [0.3, 0.4) is 0 Å². The minimum absolute atomic E-state index is 0.0225. The molecule has 6 rings (SSSR count). The zero-order chi connectivity index (χ0) is 34.2. The molecule has 5 nitrogen and oxygen atoms in total. The highest BCUT2D eigenvalue weighted by Crippen LogP contribution is 2.77. The molecule has 47 heavy (non-hydrogen) atoms. The van der Waals surface area contributed by atoms with Crippen LogP contribution in [0.1, 0.15) is 122 Å². The number of nitrogens with one attached hydrogen (secondary N) is 1. The van der Waals surface area contributed by atoms with E-state index in [1.165, 1.54) is 68.1 Å². The Labute approximate surface area is 285 Å². The lowest BCUT2D eigenvalue weighted by atomic mass is 9.32. The number of aromatic carboxylic acids is 1. The van der Waals surface area contributed by atoms with E-state index in [-0.39, 0.29) is 16.7 Å². The number of carbonyl (C=O) groups excluding carboxylic acids is 1. The largest absolute Gasteiger partial charge is 0.478 e. The van der Waals surface area contributed by atoms with E-state index in [0.29, 0.717) is 57.8 Å². The molecule has 4 fully saturated rings. The van der Waals surface area contributed by atoms with E-state index in [9.17, 15) is 14.7 Å². The maximum absolute atomic E-state index is 12.3. The molecular formula is C42H62N2O3. The summed E-state index contributed by atoms with van der Waals surface area (Å²) in [6, 6.07) is 7.60. The van der Waals surface area contributed by atoms with E-state index in [2.05, 4.69) is 59.5 Å². The van der Waals surface area contributed by atoms with Crippen molar-refractivity contribution in [1.29, 1.82) is 0 Å². The van der Waals surface area contributed by atoms with Crippen molar-refractivity contribution < 1.29 is 14.7 Å². The van der Waals surface area contributed by atoms with Crippen LogP contribution in [0.2, 0.25) is 0 Å². The molecule has 2 N–H and O–H groups in total. The normalized spacial score (nSPS) is 40.3. The summed E-state index contributed by atoms with van der Waals surface area (Å²) in [5.41, 5.74) is 5.49. The van der Waals surface area contributed by atoms with Crippen LogP contribution < -0.4 is 5.32 Å². The number of hydrogen-bond acceptors (Lipinski definition) is 3. The summed E-state index contributed by atoms with van der Waals surface area (Å²) in [6.45, 7) is 21.7. The van der Waals surface area contributed by atoms with Crippen molar-refractivity contribution in [3.05, 3.63) is 53.6 Å². The van der Waals surface area contributed by atoms with Gasteiger partial charge in [0, 0.05) is 33.6 Å². The molecule has 5 aliphatic rings. The Morgan fingerprint density at radius 2 is 1.62 bits per heavy atom. The zero-order valence-corrected chi connectivity index (χ0v) is 30.7. The summed E-state index contributed by atoms with van der Waals surface area (Å²) in [4.78, 5) is 25.5. The molecule has 1 aromatic carbocycles. The smallest absolute Gasteiger partial charge is 0.335 e. The van der Waals surface area contributed by atoms with Crippen molar-refractivity contribution >= 4 is 17.4 Å². The second kappa shape index (κ2) is 11.9. The molecule has 258 valence electrons. The second-order valence-electron chi connectivity index (χ2n) is 18.2. The van der Waals surface area contributed by atoms with Crippen LogP contribution in [0, 0.1) is 56.7 Å². The predicted molar refractivity (Wildman–Crippen MR) is 192 cm³/mol. The summed E-state index contributed by atoms with van der Waals surface area (Å²) in [6.07, 6.45) is 14.5. The van der Waals surface area contributed by atoms with Gasteiger partial charge in [0.25, 0.3) is 0 Å². The van der Waals surface area contributed by atoms with E-state index in [1.807, 2.05) is 26.2 Å². The third-order valence-corrected chi connectivity index (χ3v) is 15.8. The van der Waals surface area contributed by atoms with Gasteiger partial charge in [0.15, 0.2) is 0 Å². The number of carboxylic acids is 1. The van der Waals surface area contributed by atoms with E-state index < -0.39 is 5.97 Å². The molecule has 0 aliphatic heterocycles. The molecule has 0 saturated heterocycles. The van der Waals surface area contributed by atoms with Gasteiger partial charge in [-0.1, -0.05) is 65.0 Å². The fraction of sp³-hybridized carbons (Fsp3) is 0.714. The lowest BCUT2D eigenvalue weighted by Crippen LogP contribution is -2.65. The molecule has 5 heteroatoms. The third kappa shape index (κ3) is 5.19. The van der Waals surface area contributed by atoms with Crippen molar-refractivity contribution in [3.63, 3.8) is 0 Å². The Hall–Kier alpha value is -2.40. The topological polar surface area (TPSA) is 69.6 Å². The summed E-state index contributed by atoms with van der Waals surface area (Å²) in [7, 11) is 3.70. The molecule has 0 heterocycles. The van der Waals surface area contributed by atoms with Gasteiger partial charge in [-0.3, -0.25) is 4.79 Å². The molecule has 0 bridgehead atoms. The van der Waals surface area contributed by atoms with Gasteiger partial charge >= 0.3 is 5.97 Å². The fourth-order valence-corrected chi connectivity index (χ4v) is 13.2. The third-order valence-electron chi connectivity index (χ3n) is 15.8. The van der Waals surface area contributed by atoms with Crippen molar-refractivity contribution in [2.45, 2.75) is 106 Å². The minimum atomic E-state index is -0.864. The SMILES string of the molecule is C=C(C)[C@@H]1CC[C@]2(CNCCC(=O)N(C)C)CC[C@]3(C)[C@H](CC[C@@H]4[C@@]5(C)CC=C(c6ccc(C(=O)O)cc6)C(C)(C)[C@@H]5CC[C@]43C)[C@@H]12. The van der Waals surface area contributed by atoms with Gasteiger partial charge < -0.3 is 15.3 Å². The molecule has 0 aromatic heterocycles. The van der Waals surface area contributed by atoms with E-state index in [4.69, 9.17) is 0 Å². The van der Waals surface area contributed by atoms with Crippen molar-refractivity contribution in [2.24, 2.45) is 56.7 Å². The number of nitrogens with zero attached hydrogens (tertiary/aromatic N) is 1. The molecule has 4 saturated carbocycles. The summed E-state index contributed by atoms with van der Waals surface area (Å²) >= 11 is 0. The number of fused-ring (bicyclic) bond motifs is 7.